The zero-order chi connectivity index (χ0) is 12.6. The van der Waals surface area contributed by atoms with Crippen molar-refractivity contribution < 1.29 is 0 Å². The fourth-order valence-corrected chi connectivity index (χ4v) is 1.58. The predicted octanol–water partition coefficient (Wildman–Crippen LogP) is 1.83. The second-order valence-corrected chi connectivity index (χ2v) is 5.04. The zero-order valence-corrected chi connectivity index (χ0v) is 11.5. The third kappa shape index (κ3) is 6.67. The molecule has 0 aromatic carbocycles. The molecule has 16 heavy (non-hydrogen) atoms. The number of nitrogens with two attached hydrogens (primary N) is 1. The van der Waals surface area contributed by atoms with Crippen LogP contribution in [-0.2, 0) is 0 Å². The summed E-state index contributed by atoms with van der Waals surface area (Å²) in [6.07, 6.45) is 1.04. The molecule has 0 heterocycles. The number of hydrogen-bond acceptors (Lipinski definition) is 2. The lowest BCUT2D eigenvalue weighted by molar-refractivity contribution is 0.318. The van der Waals surface area contributed by atoms with Crippen molar-refractivity contribution in [2.75, 3.05) is 19.6 Å². The monoisotopic (exact) mass is 228 g/mol. The van der Waals surface area contributed by atoms with Crippen molar-refractivity contribution >= 4 is 5.96 Å². The summed E-state index contributed by atoms with van der Waals surface area (Å²) in [5.41, 5.74) is 2.72. The lowest BCUT2D eigenvalue weighted by Crippen LogP contribution is -2.47. The Balaban J connectivity index is 4.54. The molecular formula is C12H28N4. The van der Waals surface area contributed by atoms with Gasteiger partial charge in [-0.1, -0.05) is 34.6 Å². The summed E-state index contributed by atoms with van der Waals surface area (Å²) in [7, 11) is 0. The lowest BCUT2D eigenvalue weighted by atomic mass is 10.1. The van der Waals surface area contributed by atoms with Crippen molar-refractivity contribution in [1.29, 1.82) is 0 Å². The van der Waals surface area contributed by atoms with Gasteiger partial charge in [0, 0.05) is 19.6 Å². The van der Waals surface area contributed by atoms with Gasteiger partial charge in [0.25, 0.3) is 0 Å². The summed E-state index contributed by atoms with van der Waals surface area (Å²) >= 11 is 0. The minimum atomic E-state index is 0.610. The van der Waals surface area contributed by atoms with Gasteiger partial charge in [-0.25, -0.2) is 5.84 Å². The van der Waals surface area contributed by atoms with E-state index >= 15 is 0 Å². The van der Waals surface area contributed by atoms with Gasteiger partial charge in [0.1, 0.15) is 0 Å². The highest BCUT2D eigenvalue weighted by molar-refractivity contribution is 5.79. The van der Waals surface area contributed by atoms with E-state index in [9.17, 15) is 0 Å². The largest absolute Gasteiger partial charge is 0.341 e. The maximum absolute atomic E-state index is 5.54. The Labute approximate surface area is 100 Å². The molecule has 4 heteroatoms. The van der Waals surface area contributed by atoms with Crippen LogP contribution in [0.1, 0.15) is 41.0 Å². The topological polar surface area (TPSA) is 53.6 Å². The molecule has 0 saturated carbocycles. The zero-order valence-electron chi connectivity index (χ0n) is 11.5. The smallest absolute Gasteiger partial charge is 0.208 e. The van der Waals surface area contributed by atoms with Crippen LogP contribution >= 0.6 is 0 Å². The molecule has 0 unspecified atom stereocenters. The first kappa shape index (κ1) is 15.2. The van der Waals surface area contributed by atoms with E-state index in [0.717, 1.165) is 32.0 Å². The van der Waals surface area contributed by atoms with Crippen LogP contribution < -0.4 is 11.3 Å². The number of nitrogens with zero attached hydrogens (tertiary/aromatic N) is 2. The molecule has 0 atom stereocenters. The number of guanidine groups is 1. The molecule has 0 rings (SSSR count). The molecule has 0 saturated heterocycles. The Hall–Kier alpha value is -0.770. The Morgan fingerprint density at radius 3 is 2.00 bits per heavy atom. The number of aliphatic imine (C=N–C) groups is 1. The van der Waals surface area contributed by atoms with Gasteiger partial charge in [0.05, 0.1) is 0 Å². The minimum absolute atomic E-state index is 0.610. The van der Waals surface area contributed by atoms with Crippen LogP contribution in [0, 0.1) is 11.8 Å². The average Bonchev–Trinajstić information content (AvgIpc) is 2.16. The van der Waals surface area contributed by atoms with E-state index in [1.807, 2.05) is 0 Å². The minimum Gasteiger partial charge on any atom is -0.341 e. The fraction of sp³-hybridized carbons (Fsp3) is 0.917. The van der Waals surface area contributed by atoms with Crippen molar-refractivity contribution in [2.24, 2.45) is 22.7 Å². The Kier molecular flexibility index (Phi) is 7.99. The van der Waals surface area contributed by atoms with E-state index in [2.05, 4.69) is 49.9 Å². The molecule has 3 N–H and O–H groups in total. The van der Waals surface area contributed by atoms with Crippen molar-refractivity contribution in [3.8, 4) is 0 Å². The van der Waals surface area contributed by atoms with Crippen LogP contribution in [0.3, 0.4) is 0 Å². The van der Waals surface area contributed by atoms with Gasteiger partial charge in [0.2, 0.25) is 5.96 Å². The maximum atomic E-state index is 5.54. The molecule has 0 aromatic rings. The number of rotatable bonds is 6. The molecule has 0 fully saturated rings. The van der Waals surface area contributed by atoms with E-state index in [-0.39, 0.29) is 0 Å². The van der Waals surface area contributed by atoms with Crippen LogP contribution in [0.5, 0.6) is 0 Å². The van der Waals surface area contributed by atoms with Gasteiger partial charge >= 0.3 is 0 Å². The van der Waals surface area contributed by atoms with Crippen molar-refractivity contribution in [3.05, 3.63) is 0 Å². The Morgan fingerprint density at radius 1 is 1.19 bits per heavy atom. The van der Waals surface area contributed by atoms with Gasteiger partial charge in [-0.05, 0) is 18.3 Å². The molecule has 0 amide bonds. The highest BCUT2D eigenvalue weighted by Gasteiger charge is 2.13. The first-order valence-corrected chi connectivity index (χ1v) is 6.27. The summed E-state index contributed by atoms with van der Waals surface area (Å²) < 4.78 is 0. The molecule has 0 bridgehead atoms. The average molecular weight is 228 g/mol. The molecule has 0 aromatic heterocycles. The van der Waals surface area contributed by atoms with Crippen LogP contribution in [0.4, 0.5) is 0 Å². The molecular weight excluding hydrogens is 200 g/mol. The summed E-state index contributed by atoms with van der Waals surface area (Å²) in [6.45, 7) is 13.8. The fourth-order valence-electron chi connectivity index (χ4n) is 1.58. The van der Waals surface area contributed by atoms with E-state index in [1.165, 1.54) is 0 Å². The molecule has 4 nitrogen and oxygen atoms in total. The van der Waals surface area contributed by atoms with Gasteiger partial charge in [-0.15, -0.1) is 0 Å². The molecule has 0 radical (unpaired) electrons. The highest BCUT2D eigenvalue weighted by Crippen LogP contribution is 2.04. The first-order valence-electron chi connectivity index (χ1n) is 6.27. The molecule has 0 aliphatic carbocycles. The van der Waals surface area contributed by atoms with Crippen LogP contribution in [0.2, 0.25) is 0 Å². The summed E-state index contributed by atoms with van der Waals surface area (Å²) in [6, 6.07) is 0. The van der Waals surface area contributed by atoms with E-state index in [4.69, 9.17) is 5.84 Å². The quantitative estimate of drug-likeness (QED) is 0.316. The van der Waals surface area contributed by atoms with Crippen LogP contribution in [0.25, 0.3) is 0 Å². The maximum Gasteiger partial charge on any atom is 0.208 e. The van der Waals surface area contributed by atoms with Crippen molar-refractivity contribution in [1.82, 2.24) is 10.3 Å². The van der Waals surface area contributed by atoms with E-state index in [1.54, 1.807) is 0 Å². The summed E-state index contributed by atoms with van der Waals surface area (Å²) in [4.78, 5) is 6.71. The number of hydrogen-bond donors (Lipinski definition) is 2. The Bertz CT molecular complexity index is 189. The van der Waals surface area contributed by atoms with Gasteiger partial charge in [-0.3, -0.25) is 10.4 Å². The Morgan fingerprint density at radius 2 is 1.69 bits per heavy atom. The highest BCUT2D eigenvalue weighted by atomic mass is 15.4. The standard InChI is InChI=1S/C12H28N4/c1-6-7-14-12(15-13)16(8-10(2)3)9-11(4)5/h10-11H,6-9,13H2,1-5H3,(H,14,15). The second-order valence-electron chi connectivity index (χ2n) is 5.04. The first-order chi connectivity index (χ1) is 7.51. The molecule has 0 aliphatic rings. The van der Waals surface area contributed by atoms with E-state index < -0.39 is 0 Å². The SMILES string of the molecule is CCCN=C(NN)N(CC(C)C)CC(C)C. The van der Waals surface area contributed by atoms with Crippen LogP contribution in [-0.4, -0.2) is 30.5 Å². The third-order valence-corrected chi connectivity index (χ3v) is 2.08. The number of nitrogens with one attached hydrogen (secondary N) is 1. The predicted molar refractivity (Wildman–Crippen MR) is 71.2 cm³/mol. The second kappa shape index (κ2) is 8.39. The number of hydrazine groups is 1. The summed E-state index contributed by atoms with van der Waals surface area (Å²) in [5, 5.41) is 0. The van der Waals surface area contributed by atoms with Gasteiger partial charge in [-0.2, -0.15) is 0 Å². The van der Waals surface area contributed by atoms with Gasteiger partial charge < -0.3 is 4.90 Å². The van der Waals surface area contributed by atoms with E-state index in [0.29, 0.717) is 11.8 Å². The molecule has 0 aliphatic heterocycles. The summed E-state index contributed by atoms with van der Waals surface area (Å²) in [5.74, 6) is 7.59. The van der Waals surface area contributed by atoms with Gasteiger partial charge in [0.15, 0.2) is 0 Å². The third-order valence-electron chi connectivity index (χ3n) is 2.08. The van der Waals surface area contributed by atoms with Crippen molar-refractivity contribution in [2.45, 2.75) is 41.0 Å². The van der Waals surface area contributed by atoms with Crippen molar-refractivity contribution in [3.63, 3.8) is 0 Å². The van der Waals surface area contributed by atoms with Crippen LogP contribution in [0.15, 0.2) is 4.99 Å². The lowest BCUT2D eigenvalue weighted by Gasteiger charge is -2.28. The molecule has 96 valence electrons. The normalized spacial score (nSPS) is 12.4. The molecule has 0 spiro atoms.